The number of carboxylic acid groups (broad SMARTS) is 1. The van der Waals surface area contributed by atoms with E-state index in [2.05, 4.69) is 5.73 Å². The van der Waals surface area contributed by atoms with Gasteiger partial charge in [-0.25, -0.2) is 4.79 Å². The summed E-state index contributed by atoms with van der Waals surface area (Å²) in [5.41, 5.74) is 4.19. The molecule has 0 saturated carbocycles. The quantitative estimate of drug-likeness (QED) is 0.281. The number of hydrogen-bond acceptors (Lipinski definition) is 4. The Morgan fingerprint density at radius 1 is 1.57 bits per heavy atom. The van der Waals surface area contributed by atoms with E-state index in [1.165, 1.54) is 0 Å². The number of carboxylic acids is 1. The van der Waals surface area contributed by atoms with Gasteiger partial charge in [0.2, 0.25) is 0 Å². The third-order valence-corrected chi connectivity index (χ3v) is 0.315. The molecule has 42 valence electrons. The van der Waals surface area contributed by atoms with Crippen molar-refractivity contribution < 1.29 is 20.1 Å². The van der Waals surface area contributed by atoms with Crippen molar-refractivity contribution in [3.63, 3.8) is 0 Å². The van der Waals surface area contributed by atoms with Gasteiger partial charge >= 0.3 is 11.9 Å². The highest BCUT2D eigenvalue weighted by molar-refractivity contribution is 5.73. The number of nitrogens with two attached hydrogens (primary N) is 1. The molecule has 0 rings (SSSR count). The van der Waals surface area contributed by atoms with Gasteiger partial charge in [-0.15, -0.1) is 0 Å². The van der Waals surface area contributed by atoms with Gasteiger partial charge in [-0.3, -0.25) is 5.73 Å². The van der Waals surface area contributed by atoms with Crippen molar-refractivity contribution in [1.82, 2.24) is 0 Å². The van der Waals surface area contributed by atoms with E-state index >= 15 is 0 Å². The minimum atomic E-state index is -3.08. The molecule has 0 aliphatic carbocycles. The maximum Gasteiger partial charge on any atom is 0.380 e. The molecule has 0 unspecified atom stereocenters. The highest BCUT2D eigenvalue weighted by Gasteiger charge is 2.26. The molecule has 0 aromatic carbocycles. The first-order valence-corrected chi connectivity index (χ1v) is 1.41. The van der Waals surface area contributed by atoms with Crippen LogP contribution >= 0.6 is 0 Å². The summed E-state index contributed by atoms with van der Waals surface area (Å²) in [5, 5.41) is 23.3. The van der Waals surface area contributed by atoms with E-state index in [9.17, 15) is 4.79 Å². The lowest BCUT2D eigenvalue weighted by Crippen LogP contribution is -2.47. The van der Waals surface area contributed by atoms with Crippen LogP contribution in [0.15, 0.2) is 0 Å². The van der Waals surface area contributed by atoms with E-state index < -0.39 is 11.9 Å². The normalized spacial score (nSPS) is 11.3. The molecule has 7 heavy (non-hydrogen) atoms. The van der Waals surface area contributed by atoms with E-state index in [4.69, 9.17) is 15.3 Å². The summed E-state index contributed by atoms with van der Waals surface area (Å²) < 4.78 is 0. The zero-order valence-electron chi connectivity index (χ0n) is 3.33. The van der Waals surface area contributed by atoms with Gasteiger partial charge in [-0.1, -0.05) is 0 Å². The molecule has 0 aromatic rings. The van der Waals surface area contributed by atoms with Crippen LogP contribution in [0.25, 0.3) is 0 Å². The first-order valence-electron chi connectivity index (χ1n) is 1.41. The molecule has 0 aliphatic rings. The lowest BCUT2D eigenvalue weighted by atomic mass is 10.5. The van der Waals surface area contributed by atoms with E-state index in [1.807, 2.05) is 0 Å². The molecule has 0 aliphatic heterocycles. The SMILES string of the molecule is NC(O)(O)C(=O)O. The topological polar surface area (TPSA) is 104 Å². The van der Waals surface area contributed by atoms with Crippen LogP contribution in [0.4, 0.5) is 0 Å². The molecule has 0 fully saturated rings. The third kappa shape index (κ3) is 2.10. The second-order valence-corrected chi connectivity index (χ2v) is 1.03. The zero-order chi connectivity index (χ0) is 6.08. The minimum absolute atomic E-state index is 1.87. The first-order chi connectivity index (χ1) is 2.94. The van der Waals surface area contributed by atoms with E-state index in [1.54, 1.807) is 0 Å². The number of aliphatic hydroxyl groups is 2. The molecule has 0 atom stereocenters. The van der Waals surface area contributed by atoms with Gasteiger partial charge in [-0.2, -0.15) is 0 Å². The lowest BCUT2D eigenvalue weighted by Gasteiger charge is -2.06. The second kappa shape index (κ2) is 1.45. The fourth-order valence-electron chi connectivity index (χ4n) is 0. The van der Waals surface area contributed by atoms with E-state index in [-0.39, 0.29) is 0 Å². The Morgan fingerprint density at radius 3 is 1.71 bits per heavy atom. The molecular weight excluding hydrogens is 102 g/mol. The van der Waals surface area contributed by atoms with Gasteiger partial charge in [0.15, 0.2) is 0 Å². The number of rotatable bonds is 1. The second-order valence-electron chi connectivity index (χ2n) is 1.03. The molecule has 0 bridgehead atoms. The summed E-state index contributed by atoms with van der Waals surface area (Å²) in [6, 6.07) is 0. The fraction of sp³-hybridized carbons (Fsp3) is 0.500. The predicted octanol–water partition coefficient (Wildman–Crippen LogP) is -2.33. The van der Waals surface area contributed by atoms with Gasteiger partial charge in [-0.05, 0) is 0 Å². The maximum absolute atomic E-state index is 9.40. The Labute approximate surface area is 39.0 Å². The Bertz CT molecular complexity index is 82.2. The maximum atomic E-state index is 9.40. The van der Waals surface area contributed by atoms with E-state index in [0.717, 1.165) is 0 Å². The monoisotopic (exact) mass is 107 g/mol. The van der Waals surface area contributed by atoms with Gasteiger partial charge in [0, 0.05) is 0 Å². The highest BCUT2D eigenvalue weighted by atomic mass is 16.6. The smallest absolute Gasteiger partial charge is 0.380 e. The largest absolute Gasteiger partial charge is 0.476 e. The van der Waals surface area contributed by atoms with Gasteiger partial charge in [0.05, 0.1) is 0 Å². The van der Waals surface area contributed by atoms with Crippen molar-refractivity contribution in [2.75, 3.05) is 0 Å². The van der Waals surface area contributed by atoms with Crippen molar-refractivity contribution >= 4 is 5.97 Å². The molecule has 0 saturated heterocycles. The average Bonchev–Trinajstić information content (AvgIpc) is 1.31. The van der Waals surface area contributed by atoms with Gasteiger partial charge < -0.3 is 15.3 Å². The van der Waals surface area contributed by atoms with Crippen LogP contribution in [-0.2, 0) is 4.79 Å². The van der Waals surface area contributed by atoms with Crippen molar-refractivity contribution in [3.8, 4) is 0 Å². The van der Waals surface area contributed by atoms with Gasteiger partial charge in [0.1, 0.15) is 0 Å². The van der Waals surface area contributed by atoms with Crippen molar-refractivity contribution in [3.05, 3.63) is 0 Å². The summed E-state index contributed by atoms with van der Waals surface area (Å²) in [7, 11) is 0. The molecule has 0 radical (unpaired) electrons. The van der Waals surface area contributed by atoms with E-state index in [0.29, 0.717) is 0 Å². The van der Waals surface area contributed by atoms with Crippen LogP contribution in [0.2, 0.25) is 0 Å². The summed E-state index contributed by atoms with van der Waals surface area (Å²) >= 11 is 0. The Morgan fingerprint density at radius 2 is 1.71 bits per heavy atom. The Hall–Kier alpha value is -0.650. The van der Waals surface area contributed by atoms with Crippen molar-refractivity contribution in [2.45, 2.75) is 5.91 Å². The number of hydrogen-bond donors (Lipinski definition) is 4. The first kappa shape index (κ1) is 6.35. The van der Waals surface area contributed by atoms with Gasteiger partial charge in [0.25, 0.3) is 0 Å². The van der Waals surface area contributed by atoms with Crippen LogP contribution in [-0.4, -0.2) is 27.2 Å². The molecule has 5 N–H and O–H groups in total. The Balaban J connectivity index is 3.79. The molecule has 5 heteroatoms. The molecular formula is C2H5NO4. The summed E-state index contributed by atoms with van der Waals surface area (Å²) in [6.45, 7) is 0. The van der Waals surface area contributed by atoms with Crippen LogP contribution in [0.3, 0.4) is 0 Å². The average molecular weight is 107 g/mol. The third-order valence-electron chi connectivity index (χ3n) is 0.315. The highest BCUT2D eigenvalue weighted by Crippen LogP contribution is 1.82. The van der Waals surface area contributed by atoms with Crippen molar-refractivity contribution in [1.29, 1.82) is 0 Å². The molecule has 0 heterocycles. The molecule has 0 aromatic heterocycles. The Kier molecular flexibility index (Phi) is 1.32. The standard InChI is InChI=1S/C2H5NO4/c3-2(6,7)1(4)5/h6-7H,3H2,(H,4,5). The van der Waals surface area contributed by atoms with Crippen LogP contribution in [0.5, 0.6) is 0 Å². The summed E-state index contributed by atoms with van der Waals surface area (Å²) in [5.74, 6) is -4.95. The minimum Gasteiger partial charge on any atom is -0.476 e. The van der Waals surface area contributed by atoms with Crippen LogP contribution in [0.1, 0.15) is 0 Å². The number of carbonyl (C=O) groups is 1. The number of aliphatic carboxylic acids is 1. The zero-order valence-corrected chi connectivity index (χ0v) is 3.33. The molecule has 5 nitrogen and oxygen atoms in total. The predicted molar refractivity (Wildman–Crippen MR) is 19.0 cm³/mol. The summed E-state index contributed by atoms with van der Waals surface area (Å²) in [4.78, 5) is 9.40. The molecule has 0 amide bonds. The molecule has 0 spiro atoms. The van der Waals surface area contributed by atoms with Crippen molar-refractivity contribution in [2.24, 2.45) is 5.73 Å². The lowest BCUT2D eigenvalue weighted by molar-refractivity contribution is -0.201. The van der Waals surface area contributed by atoms with Crippen LogP contribution in [0, 0.1) is 0 Å². The summed E-state index contributed by atoms with van der Waals surface area (Å²) in [6.07, 6.45) is 0. The fourth-order valence-corrected chi connectivity index (χ4v) is 0. The van der Waals surface area contributed by atoms with Crippen LogP contribution < -0.4 is 5.73 Å².